The summed E-state index contributed by atoms with van der Waals surface area (Å²) in [6.07, 6.45) is 2.04. The van der Waals surface area contributed by atoms with Crippen molar-refractivity contribution >= 4 is 28.9 Å². The maximum Gasteiger partial charge on any atom is 0.229 e. The lowest BCUT2D eigenvalue weighted by atomic mass is 9.95. The number of carbonyl (C=O) groups excluding carboxylic acids is 1. The average molecular weight is 390 g/mol. The van der Waals surface area contributed by atoms with E-state index < -0.39 is 0 Å². The molecule has 1 aromatic heterocycles. The number of hydrogen-bond donors (Lipinski definition) is 2. The number of carbonyl (C=O) groups is 1. The highest BCUT2D eigenvalue weighted by atomic mass is 16.5. The van der Waals surface area contributed by atoms with Gasteiger partial charge >= 0.3 is 0 Å². The molecule has 2 N–H and O–H groups in total. The smallest absolute Gasteiger partial charge is 0.229 e. The monoisotopic (exact) mass is 390 g/mol. The molecule has 148 valence electrons. The number of Topliss-reactive ketones (excluding diaryl/α,β-unsaturated/α-hetero) is 1. The van der Waals surface area contributed by atoms with E-state index in [1.54, 1.807) is 14.2 Å². The Morgan fingerprint density at radius 1 is 0.897 bits per heavy atom. The van der Waals surface area contributed by atoms with Gasteiger partial charge in [-0.1, -0.05) is 12.1 Å². The molecule has 0 amide bonds. The molecule has 7 nitrogen and oxygen atoms in total. The lowest BCUT2D eigenvalue weighted by Crippen LogP contribution is -2.18. The summed E-state index contributed by atoms with van der Waals surface area (Å²) in [4.78, 5) is 21.8. The third kappa shape index (κ3) is 3.99. The number of methoxy groups -OCH3 is 2. The Kier molecular flexibility index (Phi) is 5.29. The summed E-state index contributed by atoms with van der Waals surface area (Å²) in [5, 5.41) is 6.48. The van der Waals surface area contributed by atoms with Gasteiger partial charge in [0.25, 0.3) is 0 Å². The van der Waals surface area contributed by atoms with Crippen LogP contribution in [0.4, 0.5) is 23.1 Å². The number of para-hydroxylation sites is 2. The van der Waals surface area contributed by atoms with Gasteiger partial charge in [-0.2, -0.15) is 4.98 Å². The third-order valence-electron chi connectivity index (χ3n) is 4.79. The largest absolute Gasteiger partial charge is 0.497 e. The van der Waals surface area contributed by atoms with Gasteiger partial charge in [0.1, 0.15) is 17.3 Å². The Morgan fingerprint density at radius 3 is 2.45 bits per heavy atom. The van der Waals surface area contributed by atoms with Crippen molar-refractivity contribution in [2.75, 3.05) is 24.9 Å². The Hall–Kier alpha value is -3.61. The van der Waals surface area contributed by atoms with E-state index in [0.717, 1.165) is 35.7 Å². The van der Waals surface area contributed by atoms with Crippen LogP contribution in [0.15, 0.2) is 48.5 Å². The molecule has 0 spiro atoms. The van der Waals surface area contributed by atoms with E-state index in [2.05, 4.69) is 20.6 Å². The number of nitrogens with one attached hydrogen (secondary N) is 2. The first-order valence-corrected chi connectivity index (χ1v) is 9.43. The molecule has 2 aromatic carbocycles. The van der Waals surface area contributed by atoms with Gasteiger partial charge in [0.15, 0.2) is 5.78 Å². The Balaban J connectivity index is 1.72. The van der Waals surface area contributed by atoms with Crippen LogP contribution in [-0.4, -0.2) is 30.0 Å². The van der Waals surface area contributed by atoms with Crippen molar-refractivity contribution in [1.29, 1.82) is 0 Å². The number of anilines is 4. The molecule has 0 atom stereocenters. The van der Waals surface area contributed by atoms with E-state index in [1.807, 2.05) is 48.5 Å². The molecule has 0 unspecified atom stereocenters. The summed E-state index contributed by atoms with van der Waals surface area (Å²) in [5.74, 6) is 2.43. The fraction of sp³-hybridized carbons (Fsp3) is 0.227. The normalized spacial score (nSPS) is 12.8. The first-order valence-electron chi connectivity index (χ1n) is 9.43. The summed E-state index contributed by atoms with van der Waals surface area (Å²) in [7, 11) is 3.24. The van der Waals surface area contributed by atoms with Gasteiger partial charge in [0.05, 0.1) is 31.2 Å². The van der Waals surface area contributed by atoms with Gasteiger partial charge < -0.3 is 20.1 Å². The molecular formula is C22H22N4O3. The lowest BCUT2D eigenvalue weighted by Gasteiger charge is -2.20. The number of ether oxygens (including phenoxy) is 2. The van der Waals surface area contributed by atoms with E-state index >= 15 is 0 Å². The first kappa shape index (κ1) is 18.7. The van der Waals surface area contributed by atoms with Gasteiger partial charge in [-0.3, -0.25) is 4.79 Å². The predicted octanol–water partition coefficient (Wildman–Crippen LogP) is 4.50. The van der Waals surface area contributed by atoms with Gasteiger partial charge in [-0.05, 0) is 49.2 Å². The fourth-order valence-electron chi connectivity index (χ4n) is 3.35. The van der Waals surface area contributed by atoms with Crippen LogP contribution in [0.5, 0.6) is 11.5 Å². The van der Waals surface area contributed by atoms with Gasteiger partial charge in [-0.25, -0.2) is 4.98 Å². The van der Waals surface area contributed by atoms with Crippen LogP contribution in [0.1, 0.15) is 28.9 Å². The van der Waals surface area contributed by atoms with Crippen LogP contribution < -0.4 is 20.1 Å². The van der Waals surface area contributed by atoms with Crippen molar-refractivity contribution in [2.45, 2.75) is 19.3 Å². The molecule has 0 saturated carbocycles. The second kappa shape index (κ2) is 8.18. The molecule has 1 aliphatic carbocycles. The predicted molar refractivity (Wildman–Crippen MR) is 112 cm³/mol. The molecule has 0 bridgehead atoms. The van der Waals surface area contributed by atoms with E-state index in [-0.39, 0.29) is 5.78 Å². The second-order valence-electron chi connectivity index (χ2n) is 6.67. The minimum Gasteiger partial charge on any atom is -0.497 e. The van der Waals surface area contributed by atoms with Crippen LogP contribution in [0.25, 0.3) is 0 Å². The maximum absolute atomic E-state index is 12.6. The van der Waals surface area contributed by atoms with Crippen molar-refractivity contribution in [1.82, 2.24) is 9.97 Å². The number of aryl methyl sites for hydroxylation is 1. The molecule has 0 radical (unpaired) electrons. The van der Waals surface area contributed by atoms with Crippen molar-refractivity contribution in [3.63, 3.8) is 0 Å². The molecule has 29 heavy (non-hydrogen) atoms. The summed E-state index contributed by atoms with van der Waals surface area (Å²) in [5.41, 5.74) is 2.89. The van der Waals surface area contributed by atoms with Gasteiger partial charge in [0.2, 0.25) is 5.95 Å². The Morgan fingerprint density at radius 2 is 1.69 bits per heavy atom. The number of aromatic nitrogens is 2. The van der Waals surface area contributed by atoms with Crippen molar-refractivity contribution in [3.05, 3.63) is 59.8 Å². The standard InChI is InChI=1S/C22H22N4O3/c1-28-15-12-10-14(11-13-15)23-21-20-17(7-5-8-18(20)27)25-22(26-21)24-16-6-3-4-9-19(16)29-2/h3-4,6,9-13H,5,7-8H2,1-2H3,(H2,23,24,25,26). The topological polar surface area (TPSA) is 85.4 Å². The van der Waals surface area contributed by atoms with Crippen LogP contribution in [0.3, 0.4) is 0 Å². The zero-order chi connectivity index (χ0) is 20.2. The maximum atomic E-state index is 12.6. The Labute approximate surface area is 169 Å². The lowest BCUT2D eigenvalue weighted by molar-refractivity contribution is 0.0972. The number of fused-ring (bicyclic) bond motifs is 1. The molecule has 7 heteroatoms. The minimum absolute atomic E-state index is 0.0612. The average Bonchev–Trinajstić information content (AvgIpc) is 2.74. The molecule has 0 aliphatic heterocycles. The molecule has 4 rings (SSSR count). The fourth-order valence-corrected chi connectivity index (χ4v) is 3.35. The summed E-state index contributed by atoms with van der Waals surface area (Å²) in [6, 6.07) is 15.0. The highest BCUT2D eigenvalue weighted by molar-refractivity contribution is 6.03. The van der Waals surface area contributed by atoms with E-state index in [9.17, 15) is 4.79 Å². The van der Waals surface area contributed by atoms with Crippen LogP contribution in [0.2, 0.25) is 0 Å². The van der Waals surface area contributed by atoms with Gasteiger partial charge in [0, 0.05) is 12.1 Å². The highest BCUT2D eigenvalue weighted by Crippen LogP contribution is 2.31. The van der Waals surface area contributed by atoms with Crippen LogP contribution >= 0.6 is 0 Å². The number of benzene rings is 2. The quantitative estimate of drug-likeness (QED) is 0.641. The molecule has 1 heterocycles. The van der Waals surface area contributed by atoms with Gasteiger partial charge in [-0.15, -0.1) is 0 Å². The molecule has 0 saturated heterocycles. The second-order valence-corrected chi connectivity index (χ2v) is 6.67. The number of hydrogen-bond acceptors (Lipinski definition) is 7. The number of rotatable bonds is 6. The Bertz CT molecular complexity index is 1030. The van der Waals surface area contributed by atoms with Crippen molar-refractivity contribution < 1.29 is 14.3 Å². The van der Waals surface area contributed by atoms with Crippen LogP contribution in [-0.2, 0) is 6.42 Å². The SMILES string of the molecule is COc1ccc(Nc2nc(Nc3ccccc3OC)nc3c2C(=O)CCC3)cc1. The molecule has 0 fully saturated rings. The molecule has 3 aromatic rings. The van der Waals surface area contributed by atoms with E-state index in [4.69, 9.17) is 9.47 Å². The molecule has 1 aliphatic rings. The summed E-state index contributed by atoms with van der Waals surface area (Å²) < 4.78 is 10.6. The van der Waals surface area contributed by atoms with Crippen LogP contribution in [0, 0.1) is 0 Å². The van der Waals surface area contributed by atoms with E-state index in [1.165, 1.54) is 0 Å². The van der Waals surface area contributed by atoms with Crippen molar-refractivity contribution in [2.24, 2.45) is 0 Å². The van der Waals surface area contributed by atoms with Crippen molar-refractivity contribution in [3.8, 4) is 11.5 Å². The first-order chi connectivity index (χ1) is 14.2. The third-order valence-corrected chi connectivity index (χ3v) is 4.79. The zero-order valence-corrected chi connectivity index (χ0v) is 16.4. The zero-order valence-electron chi connectivity index (χ0n) is 16.4. The number of ketones is 1. The highest BCUT2D eigenvalue weighted by Gasteiger charge is 2.25. The summed E-state index contributed by atoms with van der Waals surface area (Å²) in [6.45, 7) is 0. The number of nitrogens with zero attached hydrogens (tertiary/aromatic N) is 2. The molecular weight excluding hydrogens is 368 g/mol. The minimum atomic E-state index is 0.0612. The summed E-state index contributed by atoms with van der Waals surface area (Å²) >= 11 is 0. The van der Waals surface area contributed by atoms with E-state index in [0.29, 0.717) is 29.5 Å².